The van der Waals surface area contributed by atoms with Gasteiger partial charge in [0.05, 0.1) is 11.8 Å². The molecule has 1 atom stereocenters. The molecule has 2 aromatic rings. The first-order valence-corrected chi connectivity index (χ1v) is 8.58. The van der Waals surface area contributed by atoms with E-state index in [4.69, 9.17) is 9.47 Å². The second kappa shape index (κ2) is 7.42. The third-order valence-electron chi connectivity index (χ3n) is 3.56. The summed E-state index contributed by atoms with van der Waals surface area (Å²) in [5, 5.41) is 3.01. The molecule has 23 heavy (non-hydrogen) atoms. The molecule has 1 aliphatic heterocycles. The van der Waals surface area contributed by atoms with E-state index in [-0.39, 0.29) is 11.9 Å². The lowest BCUT2D eigenvalue weighted by Crippen LogP contribution is -2.28. The van der Waals surface area contributed by atoms with Crippen molar-refractivity contribution in [2.75, 3.05) is 19.0 Å². The fourth-order valence-electron chi connectivity index (χ4n) is 2.37. The van der Waals surface area contributed by atoms with Gasteiger partial charge in [0.1, 0.15) is 13.2 Å². The summed E-state index contributed by atoms with van der Waals surface area (Å²) in [6.07, 6.45) is 0. The highest BCUT2D eigenvalue weighted by molar-refractivity contribution is 8.00. The maximum atomic E-state index is 12.1. The van der Waals surface area contributed by atoms with Gasteiger partial charge in [-0.1, -0.05) is 30.3 Å². The van der Waals surface area contributed by atoms with Gasteiger partial charge in [-0.05, 0) is 30.7 Å². The molecule has 0 bridgehead atoms. The van der Waals surface area contributed by atoms with Crippen LogP contribution in [0.2, 0.25) is 0 Å². The van der Waals surface area contributed by atoms with Crippen LogP contribution >= 0.6 is 11.8 Å². The minimum Gasteiger partial charge on any atom is -0.486 e. The molecule has 0 aromatic heterocycles. The van der Waals surface area contributed by atoms with Gasteiger partial charge in [0.25, 0.3) is 0 Å². The lowest BCUT2D eigenvalue weighted by molar-refractivity contribution is -0.119. The number of thioether (sulfide) groups is 1. The van der Waals surface area contributed by atoms with E-state index in [9.17, 15) is 4.79 Å². The molecule has 2 aromatic carbocycles. The number of hydrogen-bond acceptors (Lipinski definition) is 4. The second-order valence-electron chi connectivity index (χ2n) is 5.29. The quantitative estimate of drug-likeness (QED) is 0.854. The normalized spacial score (nSPS) is 14.1. The molecule has 1 heterocycles. The number of nitrogens with one attached hydrogen (secondary N) is 1. The van der Waals surface area contributed by atoms with Crippen LogP contribution in [0.25, 0.3) is 0 Å². The Bertz CT molecular complexity index is 675. The standard InChI is InChI=1S/C18H19NO3S/c1-13(14-5-3-2-4-6-14)19-18(20)12-23-15-7-8-16-17(11-15)22-10-9-21-16/h2-8,11,13H,9-10,12H2,1H3,(H,19,20)/t13-/m0/s1. The molecule has 0 fully saturated rings. The van der Waals surface area contributed by atoms with E-state index in [1.807, 2.05) is 55.5 Å². The van der Waals surface area contributed by atoms with Gasteiger partial charge < -0.3 is 14.8 Å². The van der Waals surface area contributed by atoms with Crippen LogP contribution in [0, 0.1) is 0 Å². The van der Waals surface area contributed by atoms with Crippen LogP contribution in [0.3, 0.4) is 0 Å². The average molecular weight is 329 g/mol. The van der Waals surface area contributed by atoms with Crippen LogP contribution in [-0.2, 0) is 4.79 Å². The number of amides is 1. The number of hydrogen-bond donors (Lipinski definition) is 1. The monoisotopic (exact) mass is 329 g/mol. The molecule has 120 valence electrons. The Kier molecular flexibility index (Phi) is 5.08. The van der Waals surface area contributed by atoms with E-state index in [1.165, 1.54) is 11.8 Å². The van der Waals surface area contributed by atoms with Crippen LogP contribution in [0.5, 0.6) is 11.5 Å². The summed E-state index contributed by atoms with van der Waals surface area (Å²) in [4.78, 5) is 13.1. The maximum absolute atomic E-state index is 12.1. The van der Waals surface area contributed by atoms with E-state index in [2.05, 4.69) is 5.32 Å². The number of carbonyl (C=O) groups excluding carboxylic acids is 1. The second-order valence-corrected chi connectivity index (χ2v) is 6.34. The molecule has 1 aliphatic rings. The van der Waals surface area contributed by atoms with Gasteiger partial charge in [-0.15, -0.1) is 11.8 Å². The van der Waals surface area contributed by atoms with Crippen molar-refractivity contribution >= 4 is 17.7 Å². The van der Waals surface area contributed by atoms with Crippen molar-refractivity contribution in [1.82, 2.24) is 5.32 Å². The van der Waals surface area contributed by atoms with E-state index >= 15 is 0 Å². The SMILES string of the molecule is C[C@H](NC(=O)CSc1ccc2c(c1)OCCO2)c1ccccc1. The summed E-state index contributed by atoms with van der Waals surface area (Å²) >= 11 is 1.49. The average Bonchev–Trinajstić information content (AvgIpc) is 2.60. The van der Waals surface area contributed by atoms with Gasteiger partial charge in [0.15, 0.2) is 11.5 Å². The summed E-state index contributed by atoms with van der Waals surface area (Å²) in [7, 11) is 0. The number of ether oxygens (including phenoxy) is 2. The molecule has 0 unspecified atom stereocenters. The van der Waals surface area contributed by atoms with Crippen LogP contribution in [0.15, 0.2) is 53.4 Å². The van der Waals surface area contributed by atoms with Crippen LogP contribution in [0.1, 0.15) is 18.5 Å². The third-order valence-corrected chi connectivity index (χ3v) is 4.55. The predicted octanol–water partition coefficient (Wildman–Crippen LogP) is 3.43. The molecule has 0 saturated heterocycles. The fourth-order valence-corrected chi connectivity index (χ4v) is 3.11. The van der Waals surface area contributed by atoms with Gasteiger partial charge >= 0.3 is 0 Å². The van der Waals surface area contributed by atoms with Crippen molar-refractivity contribution < 1.29 is 14.3 Å². The number of rotatable bonds is 5. The van der Waals surface area contributed by atoms with Crippen molar-refractivity contribution in [2.24, 2.45) is 0 Å². The Morgan fingerprint density at radius 2 is 1.87 bits per heavy atom. The molecule has 4 nitrogen and oxygen atoms in total. The van der Waals surface area contributed by atoms with Crippen LogP contribution in [-0.4, -0.2) is 24.9 Å². The van der Waals surface area contributed by atoms with E-state index in [0.717, 1.165) is 22.0 Å². The lowest BCUT2D eigenvalue weighted by atomic mass is 10.1. The van der Waals surface area contributed by atoms with Crippen molar-refractivity contribution in [3.63, 3.8) is 0 Å². The summed E-state index contributed by atoms with van der Waals surface area (Å²) in [6.45, 7) is 3.14. The Hall–Kier alpha value is -2.14. The number of benzene rings is 2. The predicted molar refractivity (Wildman–Crippen MR) is 91.2 cm³/mol. The van der Waals surface area contributed by atoms with Crippen molar-refractivity contribution in [3.8, 4) is 11.5 Å². The molecule has 0 saturated carbocycles. The first kappa shape index (κ1) is 15.7. The summed E-state index contributed by atoms with van der Waals surface area (Å²) in [6, 6.07) is 15.7. The third kappa shape index (κ3) is 4.20. The highest BCUT2D eigenvalue weighted by Crippen LogP contribution is 2.34. The van der Waals surface area contributed by atoms with E-state index in [1.54, 1.807) is 0 Å². The van der Waals surface area contributed by atoms with Gasteiger partial charge in [-0.25, -0.2) is 0 Å². The molecule has 0 radical (unpaired) electrons. The molecular weight excluding hydrogens is 310 g/mol. The Balaban J connectivity index is 1.53. The number of carbonyl (C=O) groups is 1. The summed E-state index contributed by atoms with van der Waals surface area (Å²) < 4.78 is 11.0. The van der Waals surface area contributed by atoms with Crippen molar-refractivity contribution in [1.29, 1.82) is 0 Å². The molecule has 5 heteroatoms. The van der Waals surface area contributed by atoms with Crippen LogP contribution < -0.4 is 14.8 Å². The smallest absolute Gasteiger partial charge is 0.230 e. The van der Waals surface area contributed by atoms with Crippen molar-refractivity contribution in [3.05, 3.63) is 54.1 Å². The highest BCUT2D eigenvalue weighted by atomic mass is 32.2. The first-order valence-electron chi connectivity index (χ1n) is 7.59. The minimum atomic E-state index is 0.00423. The maximum Gasteiger partial charge on any atom is 0.230 e. The van der Waals surface area contributed by atoms with Crippen LogP contribution in [0.4, 0.5) is 0 Å². The van der Waals surface area contributed by atoms with Crippen molar-refractivity contribution in [2.45, 2.75) is 17.9 Å². The summed E-state index contributed by atoms with van der Waals surface area (Å²) in [5.74, 6) is 1.90. The minimum absolute atomic E-state index is 0.00423. The highest BCUT2D eigenvalue weighted by Gasteiger charge is 2.13. The molecular formula is C18H19NO3S. The topological polar surface area (TPSA) is 47.6 Å². The zero-order valence-corrected chi connectivity index (χ0v) is 13.8. The largest absolute Gasteiger partial charge is 0.486 e. The van der Waals surface area contributed by atoms with E-state index < -0.39 is 0 Å². The molecule has 1 N–H and O–H groups in total. The van der Waals surface area contributed by atoms with Gasteiger partial charge in [0, 0.05) is 4.90 Å². The molecule has 1 amide bonds. The molecule has 0 spiro atoms. The first-order chi connectivity index (χ1) is 11.2. The lowest BCUT2D eigenvalue weighted by Gasteiger charge is -2.18. The zero-order valence-electron chi connectivity index (χ0n) is 13.0. The Morgan fingerprint density at radius 1 is 1.13 bits per heavy atom. The van der Waals surface area contributed by atoms with Gasteiger partial charge in [-0.3, -0.25) is 4.79 Å². The fraction of sp³-hybridized carbons (Fsp3) is 0.278. The van der Waals surface area contributed by atoms with E-state index in [0.29, 0.717) is 19.0 Å². The molecule has 0 aliphatic carbocycles. The van der Waals surface area contributed by atoms with Gasteiger partial charge in [-0.2, -0.15) is 0 Å². The Labute approximate surface area is 140 Å². The molecule has 3 rings (SSSR count). The zero-order chi connectivity index (χ0) is 16.1. The summed E-state index contributed by atoms with van der Waals surface area (Å²) in [5.41, 5.74) is 1.10. The Morgan fingerprint density at radius 3 is 2.65 bits per heavy atom. The number of fused-ring (bicyclic) bond motifs is 1. The van der Waals surface area contributed by atoms with Gasteiger partial charge in [0.2, 0.25) is 5.91 Å².